The first-order valence-corrected chi connectivity index (χ1v) is 5.92. The zero-order chi connectivity index (χ0) is 13.7. The molecular formula is C13H14ClFO3. The Morgan fingerprint density at radius 1 is 1.44 bits per heavy atom. The summed E-state index contributed by atoms with van der Waals surface area (Å²) in [5.41, 5.74) is 0.190. The van der Waals surface area contributed by atoms with E-state index >= 15 is 0 Å². The molecule has 0 aliphatic carbocycles. The monoisotopic (exact) mass is 272 g/mol. The van der Waals surface area contributed by atoms with Gasteiger partial charge in [-0.05, 0) is 18.1 Å². The maximum atomic E-state index is 13.6. The second-order valence-corrected chi connectivity index (χ2v) is 4.25. The molecule has 1 aromatic carbocycles. The molecule has 0 saturated heterocycles. The summed E-state index contributed by atoms with van der Waals surface area (Å²) in [4.78, 5) is 23.3. The average Bonchev–Trinajstić information content (AvgIpc) is 2.35. The number of hydrogen-bond acceptors (Lipinski definition) is 3. The molecule has 0 radical (unpaired) electrons. The molecule has 0 saturated carbocycles. The first-order valence-electron chi connectivity index (χ1n) is 5.54. The predicted molar refractivity (Wildman–Crippen MR) is 65.9 cm³/mol. The van der Waals surface area contributed by atoms with Gasteiger partial charge in [-0.1, -0.05) is 30.7 Å². The van der Waals surface area contributed by atoms with E-state index in [0.29, 0.717) is 6.42 Å². The third kappa shape index (κ3) is 3.29. The first kappa shape index (κ1) is 14.6. The van der Waals surface area contributed by atoms with E-state index < -0.39 is 17.7 Å². The van der Waals surface area contributed by atoms with Crippen molar-refractivity contribution < 1.29 is 18.7 Å². The number of rotatable bonds is 5. The Labute approximate surface area is 110 Å². The van der Waals surface area contributed by atoms with Crippen LogP contribution in [0.1, 0.15) is 18.9 Å². The molecular weight excluding hydrogens is 259 g/mol. The summed E-state index contributed by atoms with van der Waals surface area (Å²) >= 11 is 5.62. The van der Waals surface area contributed by atoms with Crippen molar-refractivity contribution in [1.82, 2.24) is 0 Å². The number of hydrogen-bond donors (Lipinski definition) is 0. The van der Waals surface area contributed by atoms with Crippen molar-refractivity contribution in [3.05, 3.63) is 34.6 Å². The number of carbonyl (C=O) groups is 2. The molecule has 0 N–H and O–H groups in total. The Balaban J connectivity index is 2.86. The Kier molecular flexibility index (Phi) is 5.28. The van der Waals surface area contributed by atoms with Crippen LogP contribution in [0.2, 0.25) is 5.02 Å². The number of halogens is 2. The van der Waals surface area contributed by atoms with Gasteiger partial charge in [-0.25, -0.2) is 4.39 Å². The molecule has 0 fully saturated rings. The van der Waals surface area contributed by atoms with Crippen molar-refractivity contribution in [1.29, 1.82) is 0 Å². The minimum Gasteiger partial charge on any atom is -0.468 e. The number of benzene rings is 1. The molecule has 0 aromatic heterocycles. The SMILES string of the molecule is CCC(C(=O)Cc1cccc(Cl)c1F)C(=O)OC. The minimum absolute atomic E-state index is 0.0357. The highest BCUT2D eigenvalue weighted by Crippen LogP contribution is 2.20. The Hall–Kier alpha value is -1.42. The zero-order valence-corrected chi connectivity index (χ0v) is 11.0. The van der Waals surface area contributed by atoms with Gasteiger partial charge in [0.05, 0.1) is 12.1 Å². The molecule has 5 heteroatoms. The summed E-state index contributed by atoms with van der Waals surface area (Å²) in [7, 11) is 1.22. The molecule has 1 aromatic rings. The number of ketones is 1. The molecule has 1 rings (SSSR count). The molecule has 0 heterocycles. The van der Waals surface area contributed by atoms with Crippen LogP contribution in [0.15, 0.2) is 18.2 Å². The van der Waals surface area contributed by atoms with E-state index in [1.54, 1.807) is 13.0 Å². The fourth-order valence-electron chi connectivity index (χ4n) is 1.66. The van der Waals surface area contributed by atoms with E-state index in [9.17, 15) is 14.0 Å². The van der Waals surface area contributed by atoms with Gasteiger partial charge in [0.15, 0.2) is 5.78 Å². The van der Waals surface area contributed by atoms with Crippen molar-refractivity contribution in [2.45, 2.75) is 19.8 Å². The van der Waals surface area contributed by atoms with Crippen LogP contribution in [-0.4, -0.2) is 18.9 Å². The topological polar surface area (TPSA) is 43.4 Å². The Morgan fingerprint density at radius 3 is 2.67 bits per heavy atom. The molecule has 3 nitrogen and oxygen atoms in total. The summed E-state index contributed by atoms with van der Waals surface area (Å²) < 4.78 is 18.1. The largest absolute Gasteiger partial charge is 0.468 e. The molecule has 1 atom stereocenters. The predicted octanol–water partition coefficient (Wildman–Crippen LogP) is 2.79. The number of carbonyl (C=O) groups excluding carboxylic acids is 2. The molecule has 0 aliphatic heterocycles. The molecule has 18 heavy (non-hydrogen) atoms. The van der Waals surface area contributed by atoms with E-state index in [1.165, 1.54) is 19.2 Å². The second-order valence-electron chi connectivity index (χ2n) is 3.84. The molecule has 0 bridgehead atoms. The van der Waals surface area contributed by atoms with E-state index in [1.807, 2.05) is 0 Å². The van der Waals surface area contributed by atoms with Crippen LogP contribution >= 0.6 is 11.6 Å². The van der Waals surface area contributed by atoms with Crippen LogP contribution in [0.4, 0.5) is 4.39 Å². The smallest absolute Gasteiger partial charge is 0.316 e. The zero-order valence-electron chi connectivity index (χ0n) is 10.2. The van der Waals surface area contributed by atoms with Crippen molar-refractivity contribution in [3.8, 4) is 0 Å². The van der Waals surface area contributed by atoms with Crippen LogP contribution in [0.5, 0.6) is 0 Å². The van der Waals surface area contributed by atoms with Gasteiger partial charge in [0.25, 0.3) is 0 Å². The van der Waals surface area contributed by atoms with Crippen LogP contribution in [0.3, 0.4) is 0 Å². The van der Waals surface area contributed by atoms with Crippen LogP contribution in [0.25, 0.3) is 0 Å². The number of Topliss-reactive ketones (excluding diaryl/α,β-unsaturated/α-hetero) is 1. The quantitative estimate of drug-likeness (QED) is 0.611. The number of methoxy groups -OCH3 is 1. The lowest BCUT2D eigenvalue weighted by molar-refractivity contribution is -0.149. The molecule has 98 valence electrons. The first-order chi connectivity index (χ1) is 8.51. The van der Waals surface area contributed by atoms with Gasteiger partial charge < -0.3 is 4.74 Å². The lowest BCUT2D eigenvalue weighted by atomic mass is 9.95. The maximum absolute atomic E-state index is 13.6. The van der Waals surface area contributed by atoms with E-state index in [-0.39, 0.29) is 22.8 Å². The highest BCUT2D eigenvalue weighted by molar-refractivity contribution is 6.30. The summed E-state index contributed by atoms with van der Waals surface area (Å²) in [6.07, 6.45) is 0.160. The van der Waals surface area contributed by atoms with Crippen molar-refractivity contribution in [2.75, 3.05) is 7.11 Å². The second kappa shape index (κ2) is 6.50. The summed E-state index contributed by atoms with van der Waals surface area (Å²) in [6, 6.07) is 4.44. The van der Waals surface area contributed by atoms with E-state index in [0.717, 1.165) is 0 Å². The third-order valence-corrected chi connectivity index (χ3v) is 2.97. The van der Waals surface area contributed by atoms with E-state index in [4.69, 9.17) is 11.6 Å². The molecule has 0 aliphatic rings. The fourth-order valence-corrected chi connectivity index (χ4v) is 1.86. The van der Waals surface area contributed by atoms with Gasteiger partial charge in [-0.15, -0.1) is 0 Å². The maximum Gasteiger partial charge on any atom is 0.316 e. The van der Waals surface area contributed by atoms with Gasteiger partial charge in [0.1, 0.15) is 11.7 Å². The lowest BCUT2D eigenvalue weighted by Gasteiger charge is -2.11. The van der Waals surface area contributed by atoms with Gasteiger partial charge >= 0.3 is 5.97 Å². The average molecular weight is 273 g/mol. The number of esters is 1. The van der Waals surface area contributed by atoms with Crippen LogP contribution in [0, 0.1) is 11.7 Å². The van der Waals surface area contributed by atoms with Gasteiger partial charge in [0.2, 0.25) is 0 Å². The Bertz CT molecular complexity index is 460. The van der Waals surface area contributed by atoms with Gasteiger partial charge in [0, 0.05) is 6.42 Å². The van der Waals surface area contributed by atoms with Crippen molar-refractivity contribution >= 4 is 23.4 Å². The summed E-state index contributed by atoms with van der Waals surface area (Å²) in [5, 5.41) is -0.0357. The van der Waals surface area contributed by atoms with Gasteiger partial charge in [-0.3, -0.25) is 9.59 Å². The highest BCUT2D eigenvalue weighted by atomic mass is 35.5. The van der Waals surface area contributed by atoms with Crippen molar-refractivity contribution in [3.63, 3.8) is 0 Å². The van der Waals surface area contributed by atoms with E-state index in [2.05, 4.69) is 4.74 Å². The Morgan fingerprint density at radius 2 is 2.11 bits per heavy atom. The van der Waals surface area contributed by atoms with Gasteiger partial charge in [-0.2, -0.15) is 0 Å². The molecule has 0 spiro atoms. The molecule has 1 unspecified atom stereocenters. The third-order valence-electron chi connectivity index (χ3n) is 2.68. The lowest BCUT2D eigenvalue weighted by Crippen LogP contribution is -2.26. The van der Waals surface area contributed by atoms with Crippen molar-refractivity contribution in [2.24, 2.45) is 5.92 Å². The summed E-state index contributed by atoms with van der Waals surface area (Å²) in [5.74, 6) is -2.43. The van der Waals surface area contributed by atoms with Crippen LogP contribution < -0.4 is 0 Å². The van der Waals surface area contributed by atoms with Crippen LogP contribution in [-0.2, 0) is 20.7 Å². The number of ether oxygens (including phenoxy) is 1. The standard InChI is InChI=1S/C13H14ClFO3/c1-3-9(13(17)18-2)11(16)7-8-5-4-6-10(14)12(8)15/h4-6,9H,3,7H2,1-2H3. The normalized spacial score (nSPS) is 12.0. The summed E-state index contributed by atoms with van der Waals surface area (Å²) in [6.45, 7) is 1.70. The minimum atomic E-state index is -0.853. The molecule has 0 amide bonds. The fraction of sp³-hybridized carbons (Fsp3) is 0.385. The highest BCUT2D eigenvalue weighted by Gasteiger charge is 2.26.